The largest absolute Gasteiger partial charge is 0.493 e. The van der Waals surface area contributed by atoms with Crippen LogP contribution < -0.4 is 19.7 Å². The van der Waals surface area contributed by atoms with Crippen LogP contribution in [0.25, 0.3) is 21.3 Å². The SMILES string of the molecule is CCOC(=O)CN1CCC(COc2cccc(-c3ccc(N4CCc5cccc(C(=O)Nc6nc7ccccc7s6)c5C4)nc3C(=O)OC(C)(C)C)c2C)CC1.CCOC(=O)CN1CCC(COc2cccc(Br)c2C)CC1. The molecular formula is C61H73BrN6O9S. The summed E-state index contributed by atoms with van der Waals surface area (Å²) in [5.74, 6) is 2.21. The summed E-state index contributed by atoms with van der Waals surface area (Å²) in [6.45, 7) is 20.8. The molecule has 0 spiro atoms. The Morgan fingerprint density at radius 3 is 1.91 bits per heavy atom. The van der Waals surface area contributed by atoms with Crippen LogP contribution >= 0.6 is 27.3 Å². The number of hydrogen-bond acceptors (Lipinski definition) is 15. The molecule has 6 aromatic rings. The van der Waals surface area contributed by atoms with Crippen LogP contribution in [0.2, 0.25) is 0 Å². The third kappa shape index (κ3) is 15.5. The first-order valence-corrected chi connectivity index (χ1v) is 28.8. The van der Waals surface area contributed by atoms with Crippen molar-refractivity contribution in [3.63, 3.8) is 0 Å². The van der Waals surface area contributed by atoms with E-state index in [2.05, 4.69) is 53.9 Å². The number of thiazole rings is 1. The van der Waals surface area contributed by atoms with E-state index in [0.29, 0.717) is 86.3 Å². The van der Waals surface area contributed by atoms with Crippen LogP contribution in [0.1, 0.15) is 103 Å². The molecule has 1 N–H and O–H groups in total. The fraction of sp³-hybridized carbons (Fsp3) is 0.443. The van der Waals surface area contributed by atoms with Crippen LogP contribution in [-0.2, 0) is 36.8 Å². The number of nitrogens with zero attached hydrogens (tertiary/aromatic N) is 5. The molecule has 1 amide bonds. The molecule has 4 aromatic carbocycles. The Labute approximate surface area is 471 Å². The van der Waals surface area contributed by atoms with Crippen molar-refractivity contribution in [3.8, 4) is 22.6 Å². The van der Waals surface area contributed by atoms with Gasteiger partial charge in [0.1, 0.15) is 22.9 Å². The van der Waals surface area contributed by atoms with Crippen molar-refractivity contribution in [1.29, 1.82) is 0 Å². The average molecular weight is 1150 g/mol. The first-order chi connectivity index (χ1) is 37.5. The van der Waals surface area contributed by atoms with Crippen molar-refractivity contribution in [1.82, 2.24) is 19.8 Å². The van der Waals surface area contributed by atoms with Crippen LogP contribution in [0.3, 0.4) is 0 Å². The molecular weight excluding hydrogens is 1070 g/mol. The summed E-state index contributed by atoms with van der Waals surface area (Å²) >= 11 is 4.97. The highest BCUT2D eigenvalue weighted by molar-refractivity contribution is 9.10. The zero-order valence-corrected chi connectivity index (χ0v) is 48.4. The van der Waals surface area contributed by atoms with Crippen LogP contribution in [0, 0.1) is 25.7 Å². The number of fused-ring (bicyclic) bond motifs is 2. The first kappa shape index (κ1) is 57.8. The summed E-state index contributed by atoms with van der Waals surface area (Å²) in [5, 5.41) is 3.57. The number of esters is 3. The molecule has 3 aliphatic rings. The molecule has 0 bridgehead atoms. The smallest absolute Gasteiger partial charge is 0.358 e. The van der Waals surface area contributed by atoms with Gasteiger partial charge >= 0.3 is 17.9 Å². The minimum atomic E-state index is -0.729. The summed E-state index contributed by atoms with van der Waals surface area (Å²) in [6.07, 6.45) is 4.70. The summed E-state index contributed by atoms with van der Waals surface area (Å²) in [6, 6.07) is 29.4. The molecule has 9 rings (SSSR count). The Morgan fingerprint density at radius 1 is 0.692 bits per heavy atom. The average Bonchev–Trinajstić information content (AvgIpc) is 3.86. The third-order valence-electron chi connectivity index (χ3n) is 14.3. The standard InChI is InChI=1S/C44H49N5O6S.C17H24BrNO3/c1-6-53-39(50)26-48-22-19-29(20-23-48)27-54-36-15-10-12-31(28(36)2)32-17-18-38(46-40(32)42(52)55-44(3,4)5)49-24-21-30-11-9-13-33(34(30)25-49)41(51)47-43-45-35-14-7-8-16-37(35)56-43;1-3-21-17(20)11-19-9-7-14(8-10-19)12-22-16-6-4-5-15(18)13(16)2/h7-18,29H,6,19-27H2,1-5H3,(H,45,47,51);4-6,14H,3,7-12H2,1-2H3. The van der Waals surface area contributed by atoms with E-state index in [9.17, 15) is 19.2 Å². The molecule has 78 heavy (non-hydrogen) atoms. The van der Waals surface area contributed by atoms with Gasteiger partial charge in [-0.05, 0) is 189 Å². The maximum atomic E-state index is 13.9. The van der Waals surface area contributed by atoms with Gasteiger partial charge in [-0.2, -0.15) is 0 Å². The number of piperidine rings is 2. The molecule has 0 unspecified atom stereocenters. The van der Waals surface area contributed by atoms with Gasteiger partial charge in [-0.15, -0.1) is 0 Å². The maximum absolute atomic E-state index is 13.9. The van der Waals surface area contributed by atoms with E-state index >= 15 is 0 Å². The molecule has 2 aromatic heterocycles. The number of carbonyl (C=O) groups excluding carboxylic acids is 4. The summed E-state index contributed by atoms with van der Waals surface area (Å²) in [4.78, 5) is 67.0. The minimum absolute atomic E-state index is 0.123. The number of para-hydroxylation sites is 1. The number of benzene rings is 4. The Balaban J connectivity index is 0.000000305. The normalized spacial score (nSPS) is 15.4. The lowest BCUT2D eigenvalue weighted by molar-refractivity contribution is -0.145. The van der Waals surface area contributed by atoms with Gasteiger partial charge < -0.3 is 28.6 Å². The lowest BCUT2D eigenvalue weighted by Gasteiger charge is -2.31. The monoisotopic (exact) mass is 1140 g/mol. The lowest BCUT2D eigenvalue weighted by Crippen LogP contribution is -2.39. The summed E-state index contributed by atoms with van der Waals surface area (Å²) < 4.78 is 30.5. The quantitative estimate of drug-likeness (QED) is 0.0678. The first-order valence-electron chi connectivity index (χ1n) is 27.2. The van der Waals surface area contributed by atoms with Crippen molar-refractivity contribution < 1.29 is 42.9 Å². The van der Waals surface area contributed by atoms with Crippen molar-refractivity contribution >= 4 is 72.2 Å². The fourth-order valence-electron chi connectivity index (χ4n) is 10.0. The molecule has 414 valence electrons. The van der Waals surface area contributed by atoms with E-state index in [1.54, 1.807) is 0 Å². The second-order valence-electron chi connectivity index (χ2n) is 21.1. The van der Waals surface area contributed by atoms with E-state index in [1.165, 1.54) is 11.3 Å². The number of carbonyl (C=O) groups is 4. The van der Waals surface area contributed by atoms with E-state index < -0.39 is 11.6 Å². The molecule has 15 nitrogen and oxygen atoms in total. The zero-order chi connectivity index (χ0) is 55.3. The molecule has 3 aliphatic heterocycles. The molecule has 2 fully saturated rings. The Hall–Kier alpha value is -6.40. The van der Waals surface area contributed by atoms with Crippen LogP contribution in [0.4, 0.5) is 10.9 Å². The minimum Gasteiger partial charge on any atom is -0.493 e. The van der Waals surface area contributed by atoms with E-state index in [-0.39, 0.29) is 23.5 Å². The molecule has 17 heteroatoms. The van der Waals surface area contributed by atoms with Crippen molar-refractivity contribution in [3.05, 3.63) is 129 Å². The van der Waals surface area contributed by atoms with Gasteiger partial charge in [0.05, 0.1) is 49.7 Å². The van der Waals surface area contributed by atoms with Gasteiger partial charge in [0.15, 0.2) is 10.8 Å². The number of anilines is 2. The van der Waals surface area contributed by atoms with Crippen molar-refractivity contribution in [2.24, 2.45) is 11.8 Å². The van der Waals surface area contributed by atoms with Crippen molar-refractivity contribution in [2.75, 3.05) is 82.5 Å². The Kier molecular flexibility index (Phi) is 20.0. The summed E-state index contributed by atoms with van der Waals surface area (Å²) in [7, 11) is 0. The predicted octanol–water partition coefficient (Wildman–Crippen LogP) is 11.5. The third-order valence-corrected chi connectivity index (χ3v) is 16.1. The molecule has 0 radical (unpaired) electrons. The fourth-order valence-corrected chi connectivity index (χ4v) is 11.2. The van der Waals surface area contributed by atoms with Gasteiger partial charge in [0.25, 0.3) is 5.91 Å². The second-order valence-corrected chi connectivity index (χ2v) is 23.0. The predicted molar refractivity (Wildman–Crippen MR) is 310 cm³/mol. The number of rotatable bonds is 17. The van der Waals surface area contributed by atoms with Crippen molar-refractivity contribution in [2.45, 2.75) is 92.7 Å². The van der Waals surface area contributed by atoms with E-state index in [0.717, 1.165) is 112 Å². The maximum Gasteiger partial charge on any atom is 0.358 e. The van der Waals surface area contributed by atoms with Gasteiger partial charge in [0.2, 0.25) is 0 Å². The molecule has 5 heterocycles. The molecule has 0 saturated carbocycles. The lowest BCUT2D eigenvalue weighted by atomic mass is 9.94. The van der Waals surface area contributed by atoms with E-state index in [4.69, 9.17) is 28.7 Å². The highest BCUT2D eigenvalue weighted by atomic mass is 79.9. The second kappa shape index (κ2) is 27.0. The Morgan fingerprint density at radius 2 is 1.29 bits per heavy atom. The van der Waals surface area contributed by atoms with Crippen LogP contribution in [0.15, 0.2) is 95.5 Å². The molecule has 0 atom stereocenters. The number of likely N-dealkylation sites (tertiary alicyclic amines) is 2. The number of nitrogens with one attached hydrogen (secondary N) is 1. The number of ether oxygens (including phenoxy) is 5. The zero-order valence-electron chi connectivity index (χ0n) is 46.0. The van der Waals surface area contributed by atoms with E-state index in [1.807, 2.05) is 126 Å². The van der Waals surface area contributed by atoms with Gasteiger partial charge in [-0.3, -0.25) is 29.5 Å². The number of halogens is 1. The highest BCUT2D eigenvalue weighted by Gasteiger charge is 2.29. The van der Waals surface area contributed by atoms with Crippen LogP contribution in [-0.4, -0.2) is 121 Å². The molecule has 2 saturated heterocycles. The number of pyridine rings is 1. The number of aromatic nitrogens is 2. The van der Waals surface area contributed by atoms with Gasteiger partial charge in [-0.25, -0.2) is 14.8 Å². The molecule has 0 aliphatic carbocycles. The highest BCUT2D eigenvalue weighted by Crippen LogP contribution is 2.36. The topological polar surface area (TPSA) is 162 Å². The van der Waals surface area contributed by atoms with Gasteiger partial charge in [0, 0.05) is 34.3 Å². The van der Waals surface area contributed by atoms with Gasteiger partial charge in [-0.1, -0.05) is 69.7 Å². The van der Waals surface area contributed by atoms with Crippen LogP contribution in [0.5, 0.6) is 11.5 Å². The number of hydrogen-bond donors (Lipinski definition) is 1. The summed E-state index contributed by atoms with van der Waals surface area (Å²) in [5.41, 5.74) is 6.50. The number of amides is 1. The Bertz CT molecular complexity index is 3020.